The predicted octanol–water partition coefficient (Wildman–Crippen LogP) is 0.579. The SMILES string of the molecule is CCc1ccccc1NC(=O)C[C@H](NCCN)C(=O)O. The van der Waals surface area contributed by atoms with Gasteiger partial charge in [0.2, 0.25) is 5.91 Å². The lowest BCUT2D eigenvalue weighted by molar-refractivity contribution is -0.141. The number of rotatable bonds is 8. The van der Waals surface area contributed by atoms with E-state index in [1.54, 1.807) is 6.07 Å². The van der Waals surface area contributed by atoms with Crippen LogP contribution in [0, 0.1) is 0 Å². The number of aryl methyl sites for hydroxylation is 1. The van der Waals surface area contributed by atoms with E-state index in [0.717, 1.165) is 17.7 Å². The van der Waals surface area contributed by atoms with E-state index < -0.39 is 12.0 Å². The molecule has 0 fully saturated rings. The summed E-state index contributed by atoms with van der Waals surface area (Å²) in [5, 5.41) is 14.5. The Hall–Kier alpha value is -1.92. The predicted molar refractivity (Wildman–Crippen MR) is 77.5 cm³/mol. The Balaban J connectivity index is 2.63. The van der Waals surface area contributed by atoms with Crippen LogP contribution < -0.4 is 16.4 Å². The molecule has 1 aromatic rings. The Morgan fingerprint density at radius 3 is 2.65 bits per heavy atom. The van der Waals surface area contributed by atoms with Gasteiger partial charge in [0, 0.05) is 18.8 Å². The third-order valence-electron chi connectivity index (χ3n) is 2.90. The van der Waals surface area contributed by atoms with Gasteiger partial charge in [-0.15, -0.1) is 0 Å². The van der Waals surface area contributed by atoms with Crippen LogP contribution in [0.4, 0.5) is 5.69 Å². The van der Waals surface area contributed by atoms with Crippen LogP contribution in [0.15, 0.2) is 24.3 Å². The summed E-state index contributed by atoms with van der Waals surface area (Å²) in [6.45, 7) is 2.67. The lowest BCUT2D eigenvalue weighted by atomic mass is 10.1. The minimum Gasteiger partial charge on any atom is -0.480 e. The van der Waals surface area contributed by atoms with Crippen LogP contribution in [0.1, 0.15) is 18.9 Å². The minimum atomic E-state index is -1.06. The number of amides is 1. The number of benzene rings is 1. The van der Waals surface area contributed by atoms with E-state index in [0.29, 0.717) is 13.1 Å². The van der Waals surface area contributed by atoms with E-state index >= 15 is 0 Å². The first-order valence-electron chi connectivity index (χ1n) is 6.62. The average Bonchev–Trinajstić information content (AvgIpc) is 2.43. The van der Waals surface area contributed by atoms with Gasteiger partial charge in [-0.3, -0.25) is 9.59 Å². The lowest BCUT2D eigenvalue weighted by Crippen LogP contribution is -2.41. The molecule has 6 nitrogen and oxygen atoms in total. The Kier molecular flexibility index (Phi) is 6.69. The van der Waals surface area contributed by atoms with Crippen LogP contribution >= 0.6 is 0 Å². The fourth-order valence-corrected chi connectivity index (χ4v) is 1.84. The van der Waals surface area contributed by atoms with E-state index in [4.69, 9.17) is 10.8 Å². The highest BCUT2D eigenvalue weighted by atomic mass is 16.4. The Morgan fingerprint density at radius 2 is 2.05 bits per heavy atom. The van der Waals surface area contributed by atoms with Crippen LogP contribution in [0.25, 0.3) is 0 Å². The van der Waals surface area contributed by atoms with Gasteiger partial charge in [-0.1, -0.05) is 25.1 Å². The zero-order chi connectivity index (χ0) is 15.0. The van der Waals surface area contributed by atoms with Gasteiger partial charge >= 0.3 is 5.97 Å². The summed E-state index contributed by atoms with van der Waals surface area (Å²) < 4.78 is 0. The Morgan fingerprint density at radius 1 is 1.35 bits per heavy atom. The van der Waals surface area contributed by atoms with Crippen molar-refractivity contribution in [3.63, 3.8) is 0 Å². The molecule has 0 heterocycles. The van der Waals surface area contributed by atoms with Crippen molar-refractivity contribution in [3.8, 4) is 0 Å². The van der Waals surface area contributed by atoms with Crippen molar-refractivity contribution in [3.05, 3.63) is 29.8 Å². The first kappa shape index (κ1) is 16.1. The number of carbonyl (C=O) groups is 2. The van der Waals surface area contributed by atoms with E-state index in [1.165, 1.54) is 0 Å². The van der Waals surface area contributed by atoms with Gasteiger partial charge in [0.1, 0.15) is 6.04 Å². The molecule has 1 atom stereocenters. The molecule has 1 aromatic carbocycles. The summed E-state index contributed by atoms with van der Waals surface area (Å²) in [7, 11) is 0. The fraction of sp³-hybridized carbons (Fsp3) is 0.429. The maximum atomic E-state index is 11.9. The van der Waals surface area contributed by atoms with Crippen LogP contribution in [-0.4, -0.2) is 36.1 Å². The highest BCUT2D eigenvalue weighted by Crippen LogP contribution is 2.15. The maximum Gasteiger partial charge on any atom is 0.321 e. The topological polar surface area (TPSA) is 104 Å². The van der Waals surface area contributed by atoms with Crippen LogP contribution in [0.3, 0.4) is 0 Å². The second-order valence-corrected chi connectivity index (χ2v) is 4.40. The quantitative estimate of drug-likeness (QED) is 0.557. The van der Waals surface area contributed by atoms with Gasteiger partial charge in [0.25, 0.3) is 0 Å². The molecule has 0 aromatic heterocycles. The summed E-state index contributed by atoms with van der Waals surface area (Å²) in [5.41, 5.74) is 7.05. The molecule has 5 N–H and O–H groups in total. The monoisotopic (exact) mass is 279 g/mol. The van der Waals surface area contributed by atoms with E-state index in [-0.39, 0.29) is 12.3 Å². The maximum absolute atomic E-state index is 11.9. The van der Waals surface area contributed by atoms with Gasteiger partial charge < -0.3 is 21.5 Å². The third kappa shape index (κ3) is 4.99. The number of carboxylic acid groups (broad SMARTS) is 1. The van der Waals surface area contributed by atoms with Gasteiger partial charge in [-0.05, 0) is 18.1 Å². The molecule has 0 saturated carbocycles. The number of nitrogens with two attached hydrogens (primary N) is 1. The number of hydrogen-bond donors (Lipinski definition) is 4. The first-order valence-corrected chi connectivity index (χ1v) is 6.62. The molecular weight excluding hydrogens is 258 g/mol. The highest BCUT2D eigenvalue weighted by Gasteiger charge is 2.20. The summed E-state index contributed by atoms with van der Waals surface area (Å²) in [5.74, 6) is -1.39. The number of anilines is 1. The molecule has 0 aliphatic carbocycles. The van der Waals surface area contributed by atoms with Gasteiger partial charge in [0.05, 0.1) is 6.42 Å². The average molecular weight is 279 g/mol. The summed E-state index contributed by atoms with van der Waals surface area (Å²) in [4.78, 5) is 22.9. The summed E-state index contributed by atoms with van der Waals surface area (Å²) in [6.07, 6.45) is 0.664. The first-order chi connectivity index (χ1) is 9.58. The number of hydrogen-bond acceptors (Lipinski definition) is 4. The summed E-state index contributed by atoms with van der Waals surface area (Å²) >= 11 is 0. The smallest absolute Gasteiger partial charge is 0.321 e. The largest absolute Gasteiger partial charge is 0.480 e. The fourth-order valence-electron chi connectivity index (χ4n) is 1.84. The van der Waals surface area contributed by atoms with E-state index in [2.05, 4.69) is 10.6 Å². The molecule has 0 aliphatic heterocycles. The second kappa shape index (κ2) is 8.29. The van der Waals surface area contributed by atoms with Gasteiger partial charge in [-0.25, -0.2) is 0 Å². The highest BCUT2D eigenvalue weighted by molar-refractivity contribution is 5.94. The molecule has 0 spiro atoms. The standard InChI is InChI=1S/C14H21N3O3/c1-2-10-5-3-4-6-11(10)17-13(18)9-12(14(19)20)16-8-7-15/h3-6,12,16H,2,7-9,15H2,1H3,(H,17,18)(H,19,20)/t12-/m0/s1. The number of nitrogens with one attached hydrogen (secondary N) is 2. The van der Waals surface area contributed by atoms with E-state index in [1.807, 2.05) is 25.1 Å². The van der Waals surface area contributed by atoms with Crippen LogP contribution in [0.5, 0.6) is 0 Å². The van der Waals surface area contributed by atoms with Gasteiger partial charge in [-0.2, -0.15) is 0 Å². The number of carboxylic acids is 1. The summed E-state index contributed by atoms with van der Waals surface area (Å²) in [6, 6.07) is 6.54. The van der Waals surface area contributed by atoms with Crippen molar-refractivity contribution in [1.82, 2.24) is 5.32 Å². The molecular formula is C14H21N3O3. The molecule has 6 heteroatoms. The molecule has 20 heavy (non-hydrogen) atoms. The molecule has 0 unspecified atom stereocenters. The molecule has 0 saturated heterocycles. The molecule has 0 bridgehead atoms. The molecule has 0 aliphatic rings. The van der Waals surface area contributed by atoms with Crippen molar-refractivity contribution >= 4 is 17.6 Å². The number of carbonyl (C=O) groups excluding carboxylic acids is 1. The second-order valence-electron chi connectivity index (χ2n) is 4.40. The van der Waals surface area contributed by atoms with Crippen molar-refractivity contribution in [1.29, 1.82) is 0 Å². The number of para-hydroxylation sites is 1. The third-order valence-corrected chi connectivity index (χ3v) is 2.90. The molecule has 1 amide bonds. The van der Waals surface area contributed by atoms with Gasteiger partial charge in [0.15, 0.2) is 0 Å². The molecule has 110 valence electrons. The van der Waals surface area contributed by atoms with Crippen molar-refractivity contribution < 1.29 is 14.7 Å². The Bertz CT molecular complexity index is 463. The number of aliphatic carboxylic acids is 1. The minimum absolute atomic E-state index is 0.132. The molecule has 0 radical (unpaired) electrons. The lowest BCUT2D eigenvalue weighted by Gasteiger charge is -2.15. The van der Waals surface area contributed by atoms with Crippen molar-refractivity contribution in [2.45, 2.75) is 25.8 Å². The molecule has 1 rings (SSSR count). The van der Waals surface area contributed by atoms with Crippen molar-refractivity contribution in [2.24, 2.45) is 5.73 Å². The zero-order valence-corrected chi connectivity index (χ0v) is 11.6. The Labute approximate surface area is 118 Å². The normalized spacial score (nSPS) is 11.9. The van der Waals surface area contributed by atoms with E-state index in [9.17, 15) is 9.59 Å². The van der Waals surface area contributed by atoms with Crippen LogP contribution in [0.2, 0.25) is 0 Å². The van der Waals surface area contributed by atoms with Crippen LogP contribution in [-0.2, 0) is 16.0 Å². The van der Waals surface area contributed by atoms with Crippen molar-refractivity contribution in [2.75, 3.05) is 18.4 Å². The zero-order valence-electron chi connectivity index (χ0n) is 11.6.